The summed E-state index contributed by atoms with van der Waals surface area (Å²) in [6.07, 6.45) is 0. The minimum atomic E-state index is 0.431. The number of benzene rings is 1. The van der Waals surface area contributed by atoms with E-state index in [1.165, 1.54) is 11.3 Å². The second kappa shape index (κ2) is 5.14. The second-order valence-corrected chi connectivity index (χ2v) is 3.97. The van der Waals surface area contributed by atoms with Crippen molar-refractivity contribution in [2.45, 2.75) is 13.0 Å². The van der Waals surface area contributed by atoms with E-state index in [1.54, 1.807) is 0 Å². The Morgan fingerprint density at radius 2 is 2.20 bits per heavy atom. The lowest BCUT2D eigenvalue weighted by molar-refractivity contribution is 0.0806. The lowest BCUT2D eigenvalue weighted by Crippen LogP contribution is -2.45. The molecule has 0 aromatic heterocycles. The number of aryl methyl sites for hydroxylation is 1. The zero-order chi connectivity index (χ0) is 10.5. The highest BCUT2D eigenvalue weighted by molar-refractivity contribution is 5.44. The molecule has 0 unspecified atom stereocenters. The first kappa shape index (κ1) is 10.5. The molecule has 1 fully saturated rings. The third-order valence-electron chi connectivity index (χ3n) is 2.60. The highest BCUT2D eigenvalue weighted by atomic mass is 16.5. The Morgan fingerprint density at radius 1 is 1.40 bits per heavy atom. The zero-order valence-electron chi connectivity index (χ0n) is 9.12. The van der Waals surface area contributed by atoms with Crippen molar-refractivity contribution in [1.29, 1.82) is 0 Å². The van der Waals surface area contributed by atoms with Crippen LogP contribution in [0.1, 0.15) is 5.56 Å². The fourth-order valence-corrected chi connectivity index (χ4v) is 1.66. The van der Waals surface area contributed by atoms with Crippen molar-refractivity contribution in [2.75, 3.05) is 31.6 Å². The third-order valence-corrected chi connectivity index (χ3v) is 2.60. The normalized spacial score (nSPS) is 21.3. The molecule has 1 heterocycles. The van der Waals surface area contributed by atoms with Gasteiger partial charge in [-0.3, -0.25) is 0 Å². The Bertz CT molecular complexity index is 291. The van der Waals surface area contributed by atoms with Crippen LogP contribution in [0.2, 0.25) is 0 Å². The van der Waals surface area contributed by atoms with Crippen LogP contribution in [0.15, 0.2) is 24.3 Å². The maximum Gasteiger partial charge on any atom is 0.0637 e. The minimum absolute atomic E-state index is 0.431. The maximum absolute atomic E-state index is 5.39. The molecule has 1 aromatic rings. The molecule has 82 valence electrons. The number of rotatable bonds is 3. The Kier molecular flexibility index (Phi) is 3.59. The number of anilines is 1. The number of nitrogens with one attached hydrogen (secondary N) is 2. The van der Waals surface area contributed by atoms with Gasteiger partial charge in [-0.15, -0.1) is 0 Å². The van der Waals surface area contributed by atoms with Crippen molar-refractivity contribution in [3.63, 3.8) is 0 Å². The van der Waals surface area contributed by atoms with Crippen LogP contribution < -0.4 is 10.6 Å². The van der Waals surface area contributed by atoms with E-state index in [2.05, 4.69) is 41.8 Å². The van der Waals surface area contributed by atoms with Crippen LogP contribution in [0, 0.1) is 6.92 Å². The van der Waals surface area contributed by atoms with Crippen molar-refractivity contribution < 1.29 is 4.74 Å². The van der Waals surface area contributed by atoms with E-state index >= 15 is 0 Å². The minimum Gasteiger partial charge on any atom is -0.383 e. The molecule has 1 aromatic carbocycles. The quantitative estimate of drug-likeness (QED) is 0.784. The van der Waals surface area contributed by atoms with E-state index in [9.17, 15) is 0 Å². The van der Waals surface area contributed by atoms with E-state index in [1.807, 2.05) is 0 Å². The summed E-state index contributed by atoms with van der Waals surface area (Å²) in [6, 6.07) is 8.89. The molecule has 0 saturated carbocycles. The molecule has 1 saturated heterocycles. The maximum atomic E-state index is 5.39. The van der Waals surface area contributed by atoms with Crippen molar-refractivity contribution in [1.82, 2.24) is 5.32 Å². The van der Waals surface area contributed by atoms with Crippen molar-refractivity contribution in [2.24, 2.45) is 0 Å². The van der Waals surface area contributed by atoms with E-state index in [0.717, 1.165) is 26.3 Å². The van der Waals surface area contributed by atoms with Gasteiger partial charge in [0.25, 0.3) is 0 Å². The van der Waals surface area contributed by atoms with E-state index in [-0.39, 0.29) is 0 Å². The van der Waals surface area contributed by atoms with Gasteiger partial charge >= 0.3 is 0 Å². The topological polar surface area (TPSA) is 33.3 Å². The summed E-state index contributed by atoms with van der Waals surface area (Å²) in [4.78, 5) is 0. The molecule has 0 spiro atoms. The second-order valence-electron chi connectivity index (χ2n) is 3.97. The number of hydrogen-bond acceptors (Lipinski definition) is 3. The molecule has 3 nitrogen and oxygen atoms in total. The molecular formula is C12H18N2O. The van der Waals surface area contributed by atoms with Crippen molar-refractivity contribution in [3.8, 4) is 0 Å². The fraction of sp³-hybridized carbons (Fsp3) is 0.500. The summed E-state index contributed by atoms with van der Waals surface area (Å²) >= 11 is 0. The molecule has 2 rings (SSSR count). The van der Waals surface area contributed by atoms with Gasteiger partial charge in [0.05, 0.1) is 13.2 Å². The summed E-state index contributed by atoms with van der Waals surface area (Å²) in [5.74, 6) is 0. The summed E-state index contributed by atoms with van der Waals surface area (Å²) in [5.41, 5.74) is 2.47. The molecule has 1 atom stereocenters. The standard InChI is InChI=1S/C12H18N2O/c1-10-2-4-11(5-3-10)14-8-12-9-15-7-6-13-12/h2-5,12-14H,6-9H2,1H3/t12-/m1/s1. The van der Waals surface area contributed by atoms with Crippen LogP contribution in [0.3, 0.4) is 0 Å². The molecule has 0 radical (unpaired) electrons. The largest absolute Gasteiger partial charge is 0.383 e. The molecule has 15 heavy (non-hydrogen) atoms. The first-order valence-electron chi connectivity index (χ1n) is 5.46. The van der Waals surface area contributed by atoms with Gasteiger partial charge in [-0.2, -0.15) is 0 Å². The van der Waals surface area contributed by atoms with Crippen LogP contribution in [-0.4, -0.2) is 32.3 Å². The average molecular weight is 206 g/mol. The van der Waals surface area contributed by atoms with Crippen LogP contribution >= 0.6 is 0 Å². The van der Waals surface area contributed by atoms with Gasteiger partial charge in [0.2, 0.25) is 0 Å². The van der Waals surface area contributed by atoms with E-state index in [0.29, 0.717) is 6.04 Å². The van der Waals surface area contributed by atoms with Gasteiger partial charge in [-0.1, -0.05) is 17.7 Å². The summed E-state index contributed by atoms with van der Waals surface area (Å²) in [5, 5.41) is 6.81. The molecule has 0 aliphatic carbocycles. The zero-order valence-corrected chi connectivity index (χ0v) is 9.12. The van der Waals surface area contributed by atoms with Crippen LogP contribution in [0.5, 0.6) is 0 Å². The predicted octanol–water partition coefficient (Wildman–Crippen LogP) is 1.40. The molecule has 0 amide bonds. The number of ether oxygens (including phenoxy) is 1. The third kappa shape index (κ3) is 3.22. The number of hydrogen-bond donors (Lipinski definition) is 2. The van der Waals surface area contributed by atoms with Crippen LogP contribution in [0.4, 0.5) is 5.69 Å². The Morgan fingerprint density at radius 3 is 2.87 bits per heavy atom. The summed E-state index contributed by atoms with van der Waals surface area (Å²) < 4.78 is 5.39. The summed E-state index contributed by atoms with van der Waals surface area (Å²) in [7, 11) is 0. The van der Waals surface area contributed by atoms with Crippen LogP contribution in [-0.2, 0) is 4.74 Å². The fourth-order valence-electron chi connectivity index (χ4n) is 1.66. The Balaban J connectivity index is 1.79. The smallest absolute Gasteiger partial charge is 0.0637 e. The molecule has 3 heteroatoms. The molecule has 2 N–H and O–H groups in total. The van der Waals surface area contributed by atoms with E-state index in [4.69, 9.17) is 4.74 Å². The van der Waals surface area contributed by atoms with Crippen molar-refractivity contribution >= 4 is 5.69 Å². The van der Waals surface area contributed by atoms with E-state index < -0.39 is 0 Å². The lowest BCUT2D eigenvalue weighted by Gasteiger charge is -2.24. The van der Waals surface area contributed by atoms with Crippen LogP contribution in [0.25, 0.3) is 0 Å². The van der Waals surface area contributed by atoms with Gasteiger partial charge in [0, 0.05) is 24.8 Å². The predicted molar refractivity (Wildman–Crippen MR) is 62.3 cm³/mol. The van der Waals surface area contributed by atoms with Gasteiger partial charge in [-0.25, -0.2) is 0 Å². The molecule has 0 bridgehead atoms. The monoisotopic (exact) mass is 206 g/mol. The van der Waals surface area contributed by atoms with Gasteiger partial charge in [0.1, 0.15) is 0 Å². The Labute approximate surface area is 90.8 Å². The van der Waals surface area contributed by atoms with Crippen molar-refractivity contribution in [3.05, 3.63) is 29.8 Å². The summed E-state index contributed by atoms with van der Waals surface area (Å²) in [6.45, 7) is 5.61. The highest BCUT2D eigenvalue weighted by Crippen LogP contribution is 2.08. The van der Waals surface area contributed by atoms with Gasteiger partial charge in [-0.05, 0) is 19.1 Å². The first-order valence-corrected chi connectivity index (χ1v) is 5.46. The SMILES string of the molecule is Cc1ccc(NC[C@@H]2COCCN2)cc1. The molecule has 1 aliphatic rings. The lowest BCUT2D eigenvalue weighted by atomic mass is 10.2. The Hall–Kier alpha value is -1.06. The van der Waals surface area contributed by atoms with Gasteiger partial charge in [0.15, 0.2) is 0 Å². The molecular weight excluding hydrogens is 188 g/mol. The number of morpholine rings is 1. The molecule has 1 aliphatic heterocycles. The average Bonchev–Trinajstić information content (AvgIpc) is 2.30. The highest BCUT2D eigenvalue weighted by Gasteiger charge is 2.11. The first-order chi connectivity index (χ1) is 7.34. The van der Waals surface area contributed by atoms with Gasteiger partial charge < -0.3 is 15.4 Å².